The first kappa shape index (κ1) is 12.0. The van der Waals surface area contributed by atoms with Crippen molar-refractivity contribution in [1.29, 1.82) is 0 Å². The van der Waals surface area contributed by atoms with Gasteiger partial charge in [0.1, 0.15) is 5.71 Å². The number of amides is 1. The second-order valence-electron chi connectivity index (χ2n) is 3.77. The van der Waals surface area contributed by atoms with Gasteiger partial charge in [0.2, 0.25) is 5.91 Å². The van der Waals surface area contributed by atoms with Crippen LogP contribution in [-0.4, -0.2) is 29.3 Å². The van der Waals surface area contributed by atoms with Crippen molar-refractivity contribution >= 4 is 27.5 Å². The van der Waals surface area contributed by atoms with E-state index in [4.69, 9.17) is 4.84 Å². The number of carbonyl (C=O) groups excluding carboxylic acids is 1. The molecule has 90 valence electrons. The van der Waals surface area contributed by atoms with Gasteiger partial charge in [-0.2, -0.15) is 0 Å². The normalized spacial score (nSPS) is 18.5. The summed E-state index contributed by atoms with van der Waals surface area (Å²) >= 11 is 3.33. The van der Waals surface area contributed by atoms with E-state index in [2.05, 4.69) is 31.4 Å². The van der Waals surface area contributed by atoms with Gasteiger partial charge in [0.05, 0.1) is 12.2 Å². The van der Waals surface area contributed by atoms with Crippen molar-refractivity contribution in [2.75, 3.05) is 6.54 Å². The van der Waals surface area contributed by atoms with E-state index in [1.165, 1.54) is 6.92 Å². The van der Waals surface area contributed by atoms with E-state index >= 15 is 0 Å². The summed E-state index contributed by atoms with van der Waals surface area (Å²) in [6.45, 7) is 1.95. The molecule has 0 aliphatic carbocycles. The van der Waals surface area contributed by atoms with Crippen LogP contribution in [0.3, 0.4) is 0 Å². The topological polar surface area (TPSA) is 63.6 Å². The summed E-state index contributed by atoms with van der Waals surface area (Å²) in [5, 5.41) is 6.69. The van der Waals surface area contributed by atoms with Crippen LogP contribution in [0.15, 0.2) is 28.0 Å². The largest absolute Gasteiger partial charge is 0.390 e. The molecule has 17 heavy (non-hydrogen) atoms. The highest BCUT2D eigenvalue weighted by Crippen LogP contribution is 2.16. The molecule has 2 rings (SSSR count). The summed E-state index contributed by atoms with van der Waals surface area (Å²) in [5.74, 6) is -0.0659. The van der Waals surface area contributed by atoms with E-state index in [1.54, 1.807) is 6.20 Å². The van der Waals surface area contributed by atoms with Crippen LogP contribution in [0.2, 0.25) is 0 Å². The highest BCUT2D eigenvalue weighted by Gasteiger charge is 2.22. The lowest BCUT2D eigenvalue weighted by Crippen LogP contribution is -2.30. The van der Waals surface area contributed by atoms with Crippen LogP contribution in [-0.2, 0) is 9.63 Å². The minimum Gasteiger partial charge on any atom is -0.390 e. The molecule has 1 aliphatic rings. The number of rotatable bonds is 3. The Labute approximate surface area is 107 Å². The number of nitrogens with one attached hydrogen (secondary N) is 1. The zero-order valence-corrected chi connectivity index (χ0v) is 10.9. The first-order valence-electron chi connectivity index (χ1n) is 5.24. The molecule has 5 nitrogen and oxygen atoms in total. The third-order valence-corrected chi connectivity index (χ3v) is 2.80. The average Bonchev–Trinajstić information content (AvgIpc) is 2.76. The monoisotopic (exact) mass is 297 g/mol. The molecule has 0 saturated carbocycles. The smallest absolute Gasteiger partial charge is 0.217 e. The Morgan fingerprint density at radius 3 is 3.12 bits per heavy atom. The second kappa shape index (κ2) is 5.27. The quantitative estimate of drug-likeness (QED) is 0.919. The van der Waals surface area contributed by atoms with Crippen molar-refractivity contribution < 1.29 is 9.63 Å². The fourth-order valence-corrected chi connectivity index (χ4v) is 1.73. The molecule has 1 unspecified atom stereocenters. The van der Waals surface area contributed by atoms with Crippen molar-refractivity contribution in [3.05, 3.63) is 28.5 Å². The van der Waals surface area contributed by atoms with Crippen LogP contribution >= 0.6 is 15.9 Å². The van der Waals surface area contributed by atoms with E-state index in [-0.39, 0.29) is 12.0 Å². The van der Waals surface area contributed by atoms with Gasteiger partial charge in [-0.15, -0.1) is 0 Å². The van der Waals surface area contributed by atoms with Gasteiger partial charge >= 0.3 is 0 Å². The SMILES string of the molecule is CC(=O)NCC1CC(c2ccc(Br)cn2)=NO1. The molecule has 0 fully saturated rings. The lowest BCUT2D eigenvalue weighted by molar-refractivity contribution is -0.119. The van der Waals surface area contributed by atoms with Crippen molar-refractivity contribution in [2.45, 2.75) is 19.4 Å². The second-order valence-corrected chi connectivity index (χ2v) is 4.68. The molecule has 0 spiro atoms. The van der Waals surface area contributed by atoms with Crippen LogP contribution in [0.4, 0.5) is 0 Å². The van der Waals surface area contributed by atoms with Gasteiger partial charge < -0.3 is 10.2 Å². The van der Waals surface area contributed by atoms with E-state index in [0.29, 0.717) is 13.0 Å². The average molecular weight is 298 g/mol. The van der Waals surface area contributed by atoms with Gasteiger partial charge in [0.15, 0.2) is 6.10 Å². The van der Waals surface area contributed by atoms with Crippen molar-refractivity contribution in [3.8, 4) is 0 Å². The van der Waals surface area contributed by atoms with Crippen molar-refractivity contribution in [2.24, 2.45) is 5.16 Å². The maximum absolute atomic E-state index is 10.8. The number of hydrogen-bond donors (Lipinski definition) is 1. The Bertz CT molecular complexity index is 445. The van der Waals surface area contributed by atoms with Gasteiger partial charge in [0.25, 0.3) is 0 Å². The Kier molecular flexibility index (Phi) is 3.73. The molecule has 6 heteroatoms. The zero-order valence-electron chi connectivity index (χ0n) is 9.31. The molecule has 1 aromatic heterocycles. The summed E-state index contributed by atoms with van der Waals surface area (Å²) in [4.78, 5) is 20.2. The first-order chi connectivity index (χ1) is 8.15. The third-order valence-electron chi connectivity index (χ3n) is 2.33. The molecule has 0 radical (unpaired) electrons. The Balaban J connectivity index is 1.93. The molecule has 0 saturated heterocycles. The van der Waals surface area contributed by atoms with Gasteiger partial charge in [-0.1, -0.05) is 5.16 Å². The highest BCUT2D eigenvalue weighted by molar-refractivity contribution is 9.10. The molecule has 0 aromatic carbocycles. The summed E-state index contributed by atoms with van der Waals surface area (Å²) < 4.78 is 0.926. The minimum absolute atomic E-state index is 0.0659. The first-order valence-corrected chi connectivity index (χ1v) is 6.03. The molecule has 1 N–H and O–H groups in total. The predicted molar refractivity (Wildman–Crippen MR) is 66.6 cm³/mol. The molecule has 1 amide bonds. The fourth-order valence-electron chi connectivity index (χ4n) is 1.49. The van der Waals surface area contributed by atoms with Crippen LogP contribution in [0.1, 0.15) is 19.0 Å². The van der Waals surface area contributed by atoms with Crippen LogP contribution in [0.25, 0.3) is 0 Å². The lowest BCUT2D eigenvalue weighted by Gasteiger charge is -2.07. The van der Waals surface area contributed by atoms with E-state index in [0.717, 1.165) is 15.9 Å². The maximum Gasteiger partial charge on any atom is 0.217 e. The van der Waals surface area contributed by atoms with Gasteiger partial charge in [-0.3, -0.25) is 9.78 Å². The van der Waals surface area contributed by atoms with E-state index < -0.39 is 0 Å². The number of oxime groups is 1. The van der Waals surface area contributed by atoms with Crippen LogP contribution in [0.5, 0.6) is 0 Å². The van der Waals surface area contributed by atoms with E-state index in [1.807, 2.05) is 12.1 Å². The van der Waals surface area contributed by atoms with Gasteiger partial charge in [0, 0.05) is 24.0 Å². The summed E-state index contributed by atoms with van der Waals surface area (Å²) in [7, 11) is 0. The molecular weight excluding hydrogens is 286 g/mol. The molecule has 1 aliphatic heterocycles. The predicted octanol–water partition coefficient (Wildman–Crippen LogP) is 1.47. The lowest BCUT2D eigenvalue weighted by atomic mass is 10.1. The molecule has 1 atom stereocenters. The summed E-state index contributed by atoms with van der Waals surface area (Å²) in [6.07, 6.45) is 2.29. The fraction of sp³-hybridized carbons (Fsp3) is 0.364. The Morgan fingerprint density at radius 2 is 2.47 bits per heavy atom. The van der Waals surface area contributed by atoms with Crippen molar-refractivity contribution in [1.82, 2.24) is 10.3 Å². The molecular formula is C11H12BrN3O2. The van der Waals surface area contributed by atoms with Crippen LogP contribution in [0, 0.1) is 0 Å². The standard InChI is InChI=1S/C11H12BrN3O2/c1-7(16)13-6-9-4-11(15-17-9)10-3-2-8(12)5-14-10/h2-3,5,9H,4,6H2,1H3,(H,13,16). The minimum atomic E-state index is -0.0978. The zero-order chi connectivity index (χ0) is 12.3. The molecule has 0 bridgehead atoms. The van der Waals surface area contributed by atoms with Crippen molar-refractivity contribution in [3.63, 3.8) is 0 Å². The summed E-state index contributed by atoms with van der Waals surface area (Å²) in [6, 6.07) is 3.79. The number of hydrogen-bond acceptors (Lipinski definition) is 4. The van der Waals surface area contributed by atoms with Gasteiger partial charge in [-0.05, 0) is 28.1 Å². The molecule has 2 heterocycles. The Hall–Kier alpha value is -1.43. The maximum atomic E-state index is 10.8. The Morgan fingerprint density at radius 1 is 1.65 bits per heavy atom. The highest BCUT2D eigenvalue weighted by atomic mass is 79.9. The van der Waals surface area contributed by atoms with E-state index in [9.17, 15) is 4.79 Å². The number of aromatic nitrogens is 1. The van der Waals surface area contributed by atoms with Crippen LogP contribution < -0.4 is 5.32 Å². The third kappa shape index (κ3) is 3.26. The number of halogens is 1. The summed E-state index contributed by atoms with van der Waals surface area (Å²) in [5.41, 5.74) is 1.62. The van der Waals surface area contributed by atoms with Gasteiger partial charge in [-0.25, -0.2) is 0 Å². The number of pyridine rings is 1. The number of nitrogens with zero attached hydrogens (tertiary/aromatic N) is 2. The molecule has 1 aromatic rings. The number of carbonyl (C=O) groups is 1.